The number of fused-ring (bicyclic) bond motifs is 1. The molecule has 5 nitrogen and oxygen atoms in total. The minimum atomic E-state index is -0.443. The van der Waals surface area contributed by atoms with Crippen molar-refractivity contribution < 1.29 is 14.3 Å². The van der Waals surface area contributed by atoms with E-state index >= 15 is 0 Å². The fraction of sp³-hybridized carbons (Fsp3) is 0.0476. The van der Waals surface area contributed by atoms with Gasteiger partial charge in [0.05, 0.1) is 5.92 Å². The number of nitrogens with zero attached hydrogens (tertiary/aromatic N) is 1. The van der Waals surface area contributed by atoms with Crippen LogP contribution in [0.4, 0.5) is 0 Å². The van der Waals surface area contributed by atoms with Gasteiger partial charge in [0, 0.05) is 16.7 Å². The van der Waals surface area contributed by atoms with Gasteiger partial charge >= 0.3 is 5.97 Å². The fourth-order valence-electron chi connectivity index (χ4n) is 3.05. The number of rotatable bonds is 3. The molecule has 4 rings (SSSR count). The Hall–Kier alpha value is -3.27. The highest BCUT2D eigenvalue weighted by Crippen LogP contribution is 2.43. The van der Waals surface area contributed by atoms with Crippen molar-refractivity contribution in [1.29, 1.82) is 5.26 Å². The molecular weight excluding hydrogens is 396 g/mol. The third-order valence-electron chi connectivity index (χ3n) is 4.33. The van der Waals surface area contributed by atoms with Gasteiger partial charge in [0.2, 0.25) is 5.88 Å². The maximum absolute atomic E-state index is 12.2. The van der Waals surface area contributed by atoms with Crippen LogP contribution in [0.3, 0.4) is 0 Å². The molecule has 3 aromatic rings. The number of hydrogen-bond acceptors (Lipinski definition) is 6. The van der Waals surface area contributed by atoms with Gasteiger partial charge in [-0.25, -0.2) is 4.79 Å². The molecule has 138 valence electrons. The molecule has 1 unspecified atom stereocenters. The van der Waals surface area contributed by atoms with Crippen LogP contribution < -0.4 is 15.2 Å². The first-order chi connectivity index (χ1) is 13.6. The Morgan fingerprint density at radius 3 is 2.68 bits per heavy atom. The molecule has 28 heavy (non-hydrogen) atoms. The molecule has 2 N–H and O–H groups in total. The first kappa shape index (κ1) is 18.1. The SMILES string of the molecule is N#CC1=C(N)Oc2cc(OC(=O)c3cccs3)ccc2C1c1ccc(Cl)cc1. The van der Waals surface area contributed by atoms with E-state index in [1.165, 1.54) is 11.3 Å². The normalized spacial score (nSPS) is 15.4. The van der Waals surface area contributed by atoms with Gasteiger partial charge in [-0.05, 0) is 35.2 Å². The van der Waals surface area contributed by atoms with Gasteiger partial charge in [0.1, 0.15) is 28.0 Å². The molecule has 1 aromatic heterocycles. The fourth-order valence-corrected chi connectivity index (χ4v) is 3.77. The molecule has 0 saturated heterocycles. The van der Waals surface area contributed by atoms with Gasteiger partial charge in [-0.15, -0.1) is 11.3 Å². The number of allylic oxidation sites excluding steroid dienone is 1. The molecule has 0 radical (unpaired) electrons. The second-order valence-corrected chi connectivity index (χ2v) is 7.43. The Labute approximate surface area is 170 Å². The lowest BCUT2D eigenvalue weighted by atomic mass is 9.83. The lowest BCUT2D eigenvalue weighted by Crippen LogP contribution is -2.21. The number of thiophene rings is 1. The van der Waals surface area contributed by atoms with Crippen molar-refractivity contribution in [3.05, 3.63) is 92.5 Å². The Morgan fingerprint density at radius 2 is 2.00 bits per heavy atom. The molecule has 2 aromatic carbocycles. The monoisotopic (exact) mass is 408 g/mol. The second kappa shape index (κ2) is 7.39. The number of nitrogens with two attached hydrogens (primary N) is 1. The Morgan fingerprint density at radius 1 is 1.21 bits per heavy atom. The van der Waals surface area contributed by atoms with Crippen LogP contribution in [-0.4, -0.2) is 5.97 Å². The number of hydrogen-bond donors (Lipinski definition) is 1. The van der Waals surface area contributed by atoms with E-state index in [4.69, 9.17) is 26.8 Å². The zero-order chi connectivity index (χ0) is 19.7. The summed E-state index contributed by atoms with van der Waals surface area (Å²) in [5.41, 5.74) is 7.92. The summed E-state index contributed by atoms with van der Waals surface area (Å²) in [5, 5.41) is 12.0. The van der Waals surface area contributed by atoms with Crippen molar-refractivity contribution in [3.63, 3.8) is 0 Å². The molecule has 1 aliphatic heterocycles. The number of carbonyl (C=O) groups is 1. The van der Waals surface area contributed by atoms with Crippen LogP contribution in [0.1, 0.15) is 26.7 Å². The lowest BCUT2D eigenvalue weighted by molar-refractivity contribution is 0.0739. The summed E-state index contributed by atoms with van der Waals surface area (Å²) >= 11 is 7.29. The predicted octanol–water partition coefficient (Wildman–Crippen LogP) is 4.84. The Bertz CT molecular complexity index is 1120. The Balaban J connectivity index is 1.72. The first-order valence-electron chi connectivity index (χ1n) is 8.29. The summed E-state index contributed by atoms with van der Waals surface area (Å²) in [6.45, 7) is 0. The second-order valence-electron chi connectivity index (χ2n) is 6.04. The highest BCUT2D eigenvalue weighted by atomic mass is 35.5. The number of ether oxygens (including phenoxy) is 2. The zero-order valence-corrected chi connectivity index (χ0v) is 16.0. The minimum absolute atomic E-state index is 0.0247. The number of nitriles is 1. The highest BCUT2D eigenvalue weighted by molar-refractivity contribution is 7.12. The van der Waals surface area contributed by atoms with E-state index in [2.05, 4.69) is 6.07 Å². The maximum Gasteiger partial charge on any atom is 0.353 e. The molecule has 0 aliphatic carbocycles. The molecule has 0 fully saturated rings. The zero-order valence-electron chi connectivity index (χ0n) is 14.4. The van der Waals surface area contributed by atoms with Crippen molar-refractivity contribution in [2.24, 2.45) is 5.73 Å². The number of halogens is 1. The van der Waals surface area contributed by atoms with E-state index in [-0.39, 0.29) is 5.88 Å². The van der Waals surface area contributed by atoms with Crippen LogP contribution in [0.15, 0.2) is 71.4 Å². The van der Waals surface area contributed by atoms with E-state index in [1.54, 1.807) is 47.8 Å². The van der Waals surface area contributed by atoms with Crippen molar-refractivity contribution in [1.82, 2.24) is 0 Å². The molecule has 1 aliphatic rings. The molecule has 7 heteroatoms. The standard InChI is InChI=1S/C21H13ClN2O3S/c22-13-5-3-12(4-6-13)19-15-8-7-14(26-21(25)18-2-1-9-28-18)10-17(15)27-20(24)16(19)11-23/h1-10,19H,24H2. The molecule has 0 amide bonds. The average molecular weight is 409 g/mol. The van der Waals surface area contributed by atoms with Gasteiger partial charge in [-0.3, -0.25) is 0 Å². The summed E-state index contributed by atoms with van der Waals surface area (Å²) in [4.78, 5) is 12.7. The van der Waals surface area contributed by atoms with Crippen LogP contribution in [0, 0.1) is 11.3 Å². The van der Waals surface area contributed by atoms with E-state index in [0.29, 0.717) is 27.0 Å². The van der Waals surface area contributed by atoms with Gasteiger partial charge in [0.25, 0.3) is 0 Å². The summed E-state index contributed by atoms with van der Waals surface area (Å²) in [6.07, 6.45) is 0. The maximum atomic E-state index is 12.2. The summed E-state index contributed by atoms with van der Waals surface area (Å²) in [5.74, 6) is -0.0425. The minimum Gasteiger partial charge on any atom is -0.440 e. The smallest absolute Gasteiger partial charge is 0.353 e. The highest BCUT2D eigenvalue weighted by Gasteiger charge is 2.31. The van der Waals surface area contributed by atoms with E-state index in [9.17, 15) is 10.1 Å². The molecule has 0 saturated carbocycles. The number of carbonyl (C=O) groups excluding carboxylic acids is 1. The Kier molecular flexibility index (Phi) is 4.78. The van der Waals surface area contributed by atoms with Crippen LogP contribution >= 0.6 is 22.9 Å². The molecule has 1 atom stereocenters. The largest absolute Gasteiger partial charge is 0.440 e. The molecule has 0 bridgehead atoms. The van der Waals surface area contributed by atoms with Crippen LogP contribution in [0.2, 0.25) is 5.02 Å². The van der Waals surface area contributed by atoms with E-state index in [0.717, 1.165) is 11.1 Å². The summed E-state index contributed by atoms with van der Waals surface area (Å²) in [7, 11) is 0. The van der Waals surface area contributed by atoms with E-state index in [1.807, 2.05) is 12.1 Å². The molecular formula is C21H13ClN2O3S. The van der Waals surface area contributed by atoms with Crippen molar-refractivity contribution >= 4 is 28.9 Å². The lowest BCUT2D eigenvalue weighted by Gasteiger charge is -2.26. The first-order valence-corrected chi connectivity index (χ1v) is 9.55. The summed E-state index contributed by atoms with van der Waals surface area (Å²) < 4.78 is 11.1. The van der Waals surface area contributed by atoms with Crippen LogP contribution in [0.25, 0.3) is 0 Å². The van der Waals surface area contributed by atoms with Crippen LogP contribution in [0.5, 0.6) is 11.5 Å². The third kappa shape index (κ3) is 3.33. The van der Waals surface area contributed by atoms with Gasteiger partial charge < -0.3 is 15.2 Å². The van der Waals surface area contributed by atoms with Crippen molar-refractivity contribution in [2.45, 2.75) is 5.92 Å². The quantitative estimate of drug-likeness (QED) is 0.495. The molecule has 0 spiro atoms. The van der Waals surface area contributed by atoms with Gasteiger partial charge in [-0.2, -0.15) is 5.26 Å². The topological polar surface area (TPSA) is 85.3 Å². The van der Waals surface area contributed by atoms with Crippen LogP contribution in [-0.2, 0) is 0 Å². The van der Waals surface area contributed by atoms with E-state index < -0.39 is 11.9 Å². The molecule has 2 heterocycles. The van der Waals surface area contributed by atoms with Gasteiger partial charge in [-0.1, -0.05) is 35.9 Å². The number of benzene rings is 2. The van der Waals surface area contributed by atoms with Crippen molar-refractivity contribution in [2.75, 3.05) is 0 Å². The van der Waals surface area contributed by atoms with Crippen molar-refractivity contribution in [3.8, 4) is 17.6 Å². The average Bonchev–Trinajstić information content (AvgIpc) is 3.22. The summed E-state index contributed by atoms with van der Waals surface area (Å²) in [6, 6.07) is 17.9. The third-order valence-corrected chi connectivity index (χ3v) is 5.43. The number of esters is 1. The predicted molar refractivity (Wildman–Crippen MR) is 106 cm³/mol. The van der Waals surface area contributed by atoms with Gasteiger partial charge in [0.15, 0.2) is 0 Å².